The molecule has 0 spiro atoms. The van der Waals surface area contributed by atoms with Crippen LogP contribution in [0.1, 0.15) is 54.1 Å². The molecule has 1 aliphatic heterocycles. The fraction of sp³-hybridized carbons (Fsp3) is 0.303. The minimum absolute atomic E-state index is 0.0663. The van der Waals surface area contributed by atoms with Gasteiger partial charge in [0.15, 0.2) is 0 Å². The number of nitrogens with zero attached hydrogens (tertiary/aromatic N) is 2. The zero-order valence-electron chi connectivity index (χ0n) is 23.2. The summed E-state index contributed by atoms with van der Waals surface area (Å²) in [5, 5.41) is 4.48. The van der Waals surface area contributed by atoms with E-state index in [0.717, 1.165) is 37.0 Å². The maximum absolute atomic E-state index is 12.1. The van der Waals surface area contributed by atoms with Crippen molar-refractivity contribution in [2.24, 2.45) is 5.73 Å². The Morgan fingerprint density at radius 2 is 1.79 bits per heavy atom. The normalized spacial score (nSPS) is 16.3. The van der Waals surface area contributed by atoms with Gasteiger partial charge in [0, 0.05) is 36.9 Å². The van der Waals surface area contributed by atoms with Gasteiger partial charge in [-0.15, -0.1) is 6.58 Å². The van der Waals surface area contributed by atoms with E-state index in [-0.39, 0.29) is 12.1 Å². The first-order valence-corrected chi connectivity index (χ1v) is 13.5. The number of rotatable bonds is 8. The zero-order valence-corrected chi connectivity index (χ0v) is 23.2. The van der Waals surface area contributed by atoms with Crippen molar-refractivity contribution in [3.8, 4) is 0 Å². The molecule has 5 nitrogen and oxygen atoms in total. The van der Waals surface area contributed by atoms with Crippen molar-refractivity contribution in [3.05, 3.63) is 127 Å². The van der Waals surface area contributed by atoms with Crippen molar-refractivity contribution in [2.75, 3.05) is 20.1 Å². The third-order valence-corrected chi connectivity index (χ3v) is 6.64. The molecule has 0 bridgehead atoms. The second kappa shape index (κ2) is 15.6. The molecule has 4 aromatic rings. The van der Waals surface area contributed by atoms with E-state index in [1.807, 2.05) is 61.6 Å². The summed E-state index contributed by atoms with van der Waals surface area (Å²) in [5.41, 5.74) is 11.7. The van der Waals surface area contributed by atoms with Crippen LogP contribution in [-0.2, 0) is 6.42 Å². The lowest BCUT2D eigenvalue weighted by Gasteiger charge is -2.19. The summed E-state index contributed by atoms with van der Waals surface area (Å²) in [6, 6.07) is 23.1. The Hall–Kier alpha value is -3.74. The van der Waals surface area contributed by atoms with Crippen LogP contribution in [0.25, 0.3) is 11.0 Å². The van der Waals surface area contributed by atoms with Gasteiger partial charge in [-0.2, -0.15) is 0 Å². The van der Waals surface area contributed by atoms with Gasteiger partial charge in [0.05, 0.1) is 6.04 Å². The summed E-state index contributed by atoms with van der Waals surface area (Å²) < 4.78 is 12.1. The maximum atomic E-state index is 12.1. The van der Waals surface area contributed by atoms with Crippen molar-refractivity contribution < 1.29 is 4.39 Å². The molecule has 3 atom stereocenters. The summed E-state index contributed by atoms with van der Waals surface area (Å²) in [4.78, 5) is 9.38. The third kappa shape index (κ3) is 9.50. The van der Waals surface area contributed by atoms with Crippen LogP contribution in [0.5, 0.6) is 0 Å². The molecule has 1 aliphatic rings. The Labute approximate surface area is 232 Å². The second-order valence-corrected chi connectivity index (χ2v) is 9.90. The lowest BCUT2D eigenvalue weighted by Crippen LogP contribution is -2.16. The highest BCUT2D eigenvalue weighted by atomic mass is 19.1. The number of halogens is 1. The number of aromatic amines is 1. The second-order valence-electron chi connectivity index (χ2n) is 9.90. The third-order valence-electron chi connectivity index (χ3n) is 6.64. The predicted octanol–water partition coefficient (Wildman–Crippen LogP) is 6.87. The first kappa shape index (κ1) is 29.8. The van der Waals surface area contributed by atoms with E-state index in [9.17, 15) is 4.39 Å². The molecule has 1 fully saturated rings. The number of H-pyrrole nitrogens is 1. The van der Waals surface area contributed by atoms with Crippen molar-refractivity contribution in [2.45, 2.75) is 44.4 Å². The molecule has 3 heterocycles. The number of allylic oxidation sites excluding steroid dienone is 1. The molecule has 5 rings (SSSR count). The molecule has 206 valence electrons. The molecule has 39 heavy (non-hydrogen) atoms. The van der Waals surface area contributed by atoms with E-state index in [1.54, 1.807) is 6.20 Å². The molecule has 0 amide bonds. The Bertz CT molecular complexity index is 1260. The number of aryl methyl sites for hydroxylation is 1. The van der Waals surface area contributed by atoms with Crippen molar-refractivity contribution in [1.29, 1.82) is 0 Å². The minimum Gasteiger partial charge on any atom is -0.381 e. The lowest BCUT2D eigenvalue weighted by molar-refractivity contribution is 0.321. The number of hydrogen-bond donors (Lipinski definition) is 3. The number of nitrogens with two attached hydrogens (primary N) is 1. The van der Waals surface area contributed by atoms with Crippen LogP contribution in [0.4, 0.5) is 4.39 Å². The molecule has 2 aromatic carbocycles. The van der Waals surface area contributed by atoms with Gasteiger partial charge in [-0.1, -0.05) is 67.3 Å². The van der Waals surface area contributed by atoms with Crippen LogP contribution < -0.4 is 11.1 Å². The number of alkyl halides is 1. The number of hydrogen-bond acceptors (Lipinski definition) is 4. The van der Waals surface area contributed by atoms with Gasteiger partial charge in [-0.25, -0.2) is 9.37 Å². The van der Waals surface area contributed by atoms with Gasteiger partial charge in [-0.3, -0.25) is 0 Å². The molecule has 3 unspecified atom stereocenters. The van der Waals surface area contributed by atoms with E-state index < -0.39 is 6.17 Å². The molecular weight excluding hydrogens is 485 g/mol. The van der Waals surface area contributed by atoms with Crippen molar-refractivity contribution >= 4 is 11.0 Å². The summed E-state index contributed by atoms with van der Waals surface area (Å²) in [7, 11) is 1.94. The smallest absolute Gasteiger partial charge is 0.137 e. The summed E-state index contributed by atoms with van der Waals surface area (Å²) in [5.74, 6) is 0. The molecule has 4 N–H and O–H groups in total. The van der Waals surface area contributed by atoms with Gasteiger partial charge in [0.1, 0.15) is 11.8 Å². The van der Waals surface area contributed by atoms with E-state index in [2.05, 4.69) is 70.9 Å². The van der Waals surface area contributed by atoms with Gasteiger partial charge in [0.25, 0.3) is 0 Å². The zero-order chi connectivity index (χ0) is 28.0. The molecular formula is C33H42FN5. The fourth-order valence-electron chi connectivity index (χ4n) is 4.41. The first-order chi connectivity index (χ1) is 18.9. The number of benzene rings is 2. The Kier molecular flexibility index (Phi) is 11.9. The summed E-state index contributed by atoms with van der Waals surface area (Å²) in [6.45, 7) is 11.0. The quantitative estimate of drug-likeness (QED) is 0.219. The van der Waals surface area contributed by atoms with E-state index >= 15 is 0 Å². The summed E-state index contributed by atoms with van der Waals surface area (Å²) >= 11 is 0. The maximum Gasteiger partial charge on any atom is 0.137 e. The Morgan fingerprint density at radius 3 is 2.36 bits per heavy atom. The summed E-state index contributed by atoms with van der Waals surface area (Å²) in [6.07, 6.45) is 9.71. The van der Waals surface area contributed by atoms with Gasteiger partial charge < -0.3 is 20.9 Å². The van der Waals surface area contributed by atoms with Gasteiger partial charge in [0.2, 0.25) is 0 Å². The average molecular weight is 528 g/mol. The highest BCUT2D eigenvalue weighted by molar-refractivity contribution is 5.75. The van der Waals surface area contributed by atoms with Gasteiger partial charge >= 0.3 is 0 Å². The lowest BCUT2D eigenvalue weighted by atomic mass is 9.97. The first-order valence-electron chi connectivity index (χ1n) is 13.5. The molecule has 0 saturated carbocycles. The average Bonchev–Trinajstić information content (AvgIpc) is 3.59. The molecule has 0 aliphatic carbocycles. The number of fused-ring (bicyclic) bond motifs is 1. The predicted molar refractivity (Wildman–Crippen MR) is 162 cm³/mol. The van der Waals surface area contributed by atoms with Crippen molar-refractivity contribution in [3.63, 3.8) is 0 Å². The van der Waals surface area contributed by atoms with E-state index in [0.29, 0.717) is 6.54 Å². The van der Waals surface area contributed by atoms with Crippen LogP contribution in [0.15, 0.2) is 105 Å². The fourth-order valence-corrected chi connectivity index (χ4v) is 4.41. The monoisotopic (exact) mass is 527 g/mol. The molecule has 0 radical (unpaired) electrons. The number of nitrogens with one attached hydrogen (secondary N) is 2. The highest BCUT2D eigenvalue weighted by Crippen LogP contribution is 2.23. The van der Waals surface area contributed by atoms with Crippen LogP contribution >= 0.6 is 0 Å². The number of likely N-dealkylation sites (tertiary alicyclic amines) is 1. The topological polar surface area (TPSA) is 70.0 Å². The SMILES string of the molecule is C=CCCc1cnc2[nH]ccc2c1.C=CNC(c1ccccc1)c1ccc(C(C)N)cc1.CN1CCC(F)C1. The van der Waals surface area contributed by atoms with Crippen LogP contribution in [-0.4, -0.2) is 41.2 Å². The Balaban J connectivity index is 0.000000180. The van der Waals surface area contributed by atoms with Crippen LogP contribution in [0.2, 0.25) is 0 Å². The largest absolute Gasteiger partial charge is 0.381 e. The van der Waals surface area contributed by atoms with Crippen molar-refractivity contribution in [1.82, 2.24) is 20.2 Å². The standard InChI is InChI=1S/C17H20N2.C11H12N2.C5H10FN/c1-3-19-17(15-7-5-4-6-8-15)16-11-9-14(10-12-16)13(2)18;1-2-3-4-9-7-10-5-6-12-11(10)13-8-9;1-7-3-2-5(6)4-7/h3-13,17,19H,1,18H2,2H3;2,5-8H,1,3-4H2,(H,12,13);5H,2-4H2,1H3. The van der Waals surface area contributed by atoms with Crippen LogP contribution in [0.3, 0.4) is 0 Å². The van der Waals surface area contributed by atoms with Gasteiger partial charge in [-0.05, 0) is 73.8 Å². The van der Waals surface area contributed by atoms with E-state index in [4.69, 9.17) is 5.73 Å². The highest BCUT2D eigenvalue weighted by Gasteiger charge is 2.17. The van der Waals surface area contributed by atoms with Crippen LogP contribution in [0, 0.1) is 0 Å². The number of pyridine rings is 1. The minimum atomic E-state index is -0.551. The molecule has 2 aromatic heterocycles. The molecule has 1 saturated heterocycles. The van der Waals surface area contributed by atoms with E-state index in [1.165, 1.54) is 22.1 Å². The Morgan fingerprint density at radius 1 is 1.10 bits per heavy atom. The number of aromatic nitrogens is 2. The molecule has 6 heteroatoms.